The Balaban J connectivity index is 0.864. The predicted octanol–water partition coefficient (Wildman–Crippen LogP) is 3.52. The van der Waals surface area contributed by atoms with Gasteiger partial charge in [0.25, 0.3) is 5.91 Å². The molecule has 0 aliphatic carbocycles. The number of H-pyrrole nitrogens is 1. The van der Waals surface area contributed by atoms with Gasteiger partial charge < -0.3 is 30.4 Å². The topological polar surface area (TPSA) is 161 Å². The number of amides is 2. The number of pyridine rings is 1. The van der Waals surface area contributed by atoms with E-state index in [9.17, 15) is 29.1 Å². The lowest BCUT2D eigenvalue weighted by atomic mass is 9.72. The number of ketones is 1. The molecule has 4 N–H and O–H groups in total. The average molecular weight is 720 g/mol. The fraction of sp³-hybridized carbons (Fsp3) is 0.390. The van der Waals surface area contributed by atoms with Crippen LogP contribution in [0.4, 0.5) is 0 Å². The van der Waals surface area contributed by atoms with Crippen molar-refractivity contribution in [2.75, 3.05) is 45.8 Å². The summed E-state index contributed by atoms with van der Waals surface area (Å²) in [6.45, 7) is 4.42. The van der Waals surface area contributed by atoms with Crippen molar-refractivity contribution in [1.29, 1.82) is 0 Å². The number of esters is 1. The first-order chi connectivity index (χ1) is 25.7. The maximum atomic E-state index is 13.9. The Labute approximate surface area is 307 Å². The van der Waals surface area contributed by atoms with Crippen LogP contribution in [0.3, 0.4) is 0 Å². The van der Waals surface area contributed by atoms with Crippen LogP contribution in [0.25, 0.3) is 10.9 Å². The van der Waals surface area contributed by atoms with E-state index in [1.807, 2.05) is 30.3 Å². The summed E-state index contributed by atoms with van der Waals surface area (Å²) in [5.74, 6) is -0.426. The molecule has 0 saturated carbocycles. The second kappa shape index (κ2) is 15.7. The highest BCUT2D eigenvalue weighted by Gasteiger charge is 2.47. The normalized spacial score (nSPS) is 20.5. The van der Waals surface area contributed by atoms with Gasteiger partial charge in [0.15, 0.2) is 5.78 Å². The average Bonchev–Trinajstić information content (AvgIpc) is 3.19. The van der Waals surface area contributed by atoms with Crippen LogP contribution in [0.2, 0.25) is 0 Å². The lowest BCUT2D eigenvalue weighted by Gasteiger charge is -2.46. The van der Waals surface area contributed by atoms with Crippen molar-refractivity contribution in [3.05, 3.63) is 111 Å². The molecule has 5 heterocycles. The molecule has 4 aromatic rings. The highest BCUT2D eigenvalue weighted by Crippen LogP contribution is 2.39. The largest absolute Gasteiger partial charge is 0.506 e. The number of benzene rings is 3. The van der Waals surface area contributed by atoms with Crippen LogP contribution in [0.1, 0.15) is 63.9 Å². The van der Waals surface area contributed by atoms with Gasteiger partial charge in [-0.1, -0.05) is 42.5 Å². The van der Waals surface area contributed by atoms with Crippen molar-refractivity contribution in [3.63, 3.8) is 0 Å². The molecule has 1 aromatic heterocycles. The number of hydrogen-bond donors (Lipinski definition) is 4. The van der Waals surface area contributed by atoms with Crippen molar-refractivity contribution < 1.29 is 29.0 Å². The van der Waals surface area contributed by atoms with Crippen molar-refractivity contribution >= 4 is 34.5 Å². The van der Waals surface area contributed by atoms with Crippen molar-refractivity contribution in [2.45, 2.75) is 50.2 Å². The fourth-order valence-electron chi connectivity index (χ4n) is 8.01. The van der Waals surface area contributed by atoms with E-state index in [1.165, 1.54) is 24.3 Å². The molecule has 0 spiro atoms. The standard InChI is InChI=1S/C41H45N5O7/c47-33-12-10-31(32-11-13-36(49)44-38(32)33)34(48)25-42-24-27-6-8-29(9-7-27)39(51)43-19-14-37(50)46-22-17-41(18-23-46,30-4-2-1-3-5-30)40(52)53-35-26-45-20-15-28(35)16-21-45/h1-13,28,35,42,47H,14-26H2,(H,43,51)(H,44,49)/t35-/m0/s1. The van der Waals surface area contributed by atoms with Gasteiger partial charge in [0.1, 0.15) is 11.9 Å². The van der Waals surface area contributed by atoms with Crippen molar-refractivity contribution in [3.8, 4) is 5.75 Å². The van der Waals surface area contributed by atoms with Crippen LogP contribution in [0, 0.1) is 5.92 Å². The predicted molar refractivity (Wildman–Crippen MR) is 199 cm³/mol. The third-order valence-electron chi connectivity index (χ3n) is 11.2. The van der Waals surface area contributed by atoms with Gasteiger partial charge in [-0.05, 0) is 86.1 Å². The molecule has 4 fully saturated rings. The number of piperidine rings is 4. The summed E-state index contributed by atoms with van der Waals surface area (Å²) < 4.78 is 6.26. The lowest BCUT2D eigenvalue weighted by Crippen LogP contribution is -2.55. The van der Waals surface area contributed by atoms with Gasteiger partial charge in [0.2, 0.25) is 11.5 Å². The number of phenolic OH excluding ortho intramolecular Hbond substituents is 1. The van der Waals surface area contributed by atoms with Gasteiger partial charge >= 0.3 is 5.97 Å². The molecule has 2 amide bonds. The van der Waals surface area contributed by atoms with Gasteiger partial charge in [-0.2, -0.15) is 0 Å². The van der Waals surface area contributed by atoms with E-state index in [2.05, 4.69) is 20.5 Å². The molecule has 0 radical (unpaired) electrons. The highest BCUT2D eigenvalue weighted by atomic mass is 16.5. The van der Waals surface area contributed by atoms with E-state index in [-0.39, 0.29) is 66.0 Å². The SMILES string of the molecule is O=C(NCCC(=O)N1CCC(C(=O)O[C@H]2CN3CCC2CC3)(c2ccccc2)CC1)c1ccc(CNCC(=O)c2ccc(O)c3[nH]c(=O)ccc23)cc1. The monoisotopic (exact) mass is 719 g/mol. The van der Waals surface area contributed by atoms with E-state index in [0.29, 0.717) is 54.9 Å². The number of likely N-dealkylation sites (tertiary alicyclic amines) is 1. The highest BCUT2D eigenvalue weighted by molar-refractivity contribution is 6.09. The number of carbonyl (C=O) groups excluding carboxylic acids is 4. The molecule has 276 valence electrons. The number of aromatic amines is 1. The minimum atomic E-state index is -0.792. The van der Waals surface area contributed by atoms with Crippen LogP contribution in [0.15, 0.2) is 83.7 Å². The zero-order valence-corrected chi connectivity index (χ0v) is 29.6. The molecule has 8 rings (SSSR count). The van der Waals surface area contributed by atoms with E-state index < -0.39 is 5.41 Å². The van der Waals surface area contributed by atoms with Crippen molar-refractivity contribution in [1.82, 2.24) is 25.4 Å². The number of phenols is 1. The van der Waals surface area contributed by atoms with Crippen molar-refractivity contribution in [2.24, 2.45) is 5.92 Å². The summed E-state index contributed by atoms with van der Waals surface area (Å²) >= 11 is 0. The van der Waals surface area contributed by atoms with Crippen LogP contribution < -0.4 is 16.2 Å². The third kappa shape index (κ3) is 7.89. The number of fused-ring (bicyclic) bond motifs is 4. The number of carbonyl (C=O) groups is 4. The second-order valence-electron chi connectivity index (χ2n) is 14.4. The Hall–Kier alpha value is -5.33. The molecular formula is C41H45N5O7. The molecule has 4 saturated heterocycles. The molecule has 4 aliphatic heterocycles. The maximum absolute atomic E-state index is 13.9. The Morgan fingerprint density at radius 2 is 1.62 bits per heavy atom. The number of rotatable bonds is 12. The second-order valence-corrected chi connectivity index (χ2v) is 14.4. The zero-order chi connectivity index (χ0) is 37.0. The van der Waals surface area contributed by atoms with Gasteiger partial charge in [0.05, 0.1) is 17.5 Å². The fourth-order valence-corrected chi connectivity index (χ4v) is 8.01. The summed E-state index contributed by atoms with van der Waals surface area (Å²) in [7, 11) is 0. The Bertz CT molecular complexity index is 2030. The molecule has 53 heavy (non-hydrogen) atoms. The van der Waals surface area contributed by atoms with Gasteiger partial charge in [0, 0.05) is 61.7 Å². The van der Waals surface area contributed by atoms with Crippen LogP contribution in [-0.4, -0.2) is 95.4 Å². The van der Waals surface area contributed by atoms with Gasteiger partial charge in [-0.25, -0.2) is 0 Å². The molecule has 2 bridgehead atoms. The number of ether oxygens (including phenoxy) is 1. The number of nitrogens with one attached hydrogen (secondary N) is 3. The van der Waals surface area contributed by atoms with E-state index in [4.69, 9.17) is 4.74 Å². The molecular weight excluding hydrogens is 674 g/mol. The summed E-state index contributed by atoms with van der Waals surface area (Å²) in [5, 5.41) is 16.5. The smallest absolute Gasteiger partial charge is 0.317 e. The molecule has 0 unspecified atom stereocenters. The molecule has 4 aliphatic rings. The summed E-state index contributed by atoms with van der Waals surface area (Å²) in [6, 6.07) is 22.5. The Morgan fingerprint density at radius 1 is 0.887 bits per heavy atom. The molecule has 12 nitrogen and oxygen atoms in total. The molecule has 3 aromatic carbocycles. The van der Waals surface area contributed by atoms with E-state index >= 15 is 0 Å². The Morgan fingerprint density at radius 3 is 2.32 bits per heavy atom. The summed E-state index contributed by atoms with van der Waals surface area (Å²) in [5.41, 5.74) is 1.69. The van der Waals surface area contributed by atoms with Gasteiger partial charge in [-0.15, -0.1) is 0 Å². The first-order valence-corrected chi connectivity index (χ1v) is 18.4. The number of Topliss-reactive ketones (excluding diaryl/α,β-unsaturated/α-hetero) is 1. The lowest BCUT2D eigenvalue weighted by molar-refractivity contribution is -0.168. The number of hydrogen-bond acceptors (Lipinski definition) is 9. The number of aromatic hydroxyl groups is 1. The molecule has 12 heteroatoms. The number of aromatic nitrogens is 1. The minimum absolute atomic E-state index is 0.0311. The first kappa shape index (κ1) is 36.0. The van der Waals surface area contributed by atoms with Crippen LogP contribution in [-0.2, 0) is 26.3 Å². The Kier molecular flexibility index (Phi) is 10.7. The number of nitrogens with zero attached hydrogens (tertiary/aromatic N) is 2. The van der Waals surface area contributed by atoms with Gasteiger partial charge in [-0.3, -0.25) is 28.9 Å². The van der Waals surface area contributed by atoms with Crippen LogP contribution in [0.5, 0.6) is 5.75 Å². The summed E-state index contributed by atoms with van der Waals surface area (Å²) in [4.78, 5) is 71.3. The van der Waals surface area contributed by atoms with E-state index in [1.54, 1.807) is 29.2 Å². The minimum Gasteiger partial charge on any atom is -0.506 e. The summed E-state index contributed by atoms with van der Waals surface area (Å²) in [6.07, 6.45) is 3.18. The molecule has 1 atom stereocenters. The van der Waals surface area contributed by atoms with Crippen LogP contribution >= 0.6 is 0 Å². The third-order valence-corrected chi connectivity index (χ3v) is 11.2. The first-order valence-electron chi connectivity index (χ1n) is 18.4. The maximum Gasteiger partial charge on any atom is 0.317 e. The zero-order valence-electron chi connectivity index (χ0n) is 29.6. The van der Waals surface area contributed by atoms with E-state index in [0.717, 1.165) is 43.6 Å². The quantitative estimate of drug-likeness (QED) is 0.127.